The number of thiocarbonyl (C=S) groups is 1. The van der Waals surface area contributed by atoms with Gasteiger partial charge in [-0.15, -0.1) is 0 Å². The van der Waals surface area contributed by atoms with Crippen LogP contribution in [0.5, 0.6) is 5.75 Å². The Morgan fingerprint density at radius 3 is 2.70 bits per heavy atom. The second-order valence-corrected chi connectivity index (χ2v) is 6.73. The van der Waals surface area contributed by atoms with Gasteiger partial charge in [-0.3, -0.25) is 5.43 Å². The van der Waals surface area contributed by atoms with E-state index in [2.05, 4.69) is 47.7 Å². The molecule has 0 spiro atoms. The SMILES string of the molecule is COc1c(Br)cc(Br)cc1/C=N\NC(=S)NCc1ccccc1. The third-order valence-electron chi connectivity index (χ3n) is 2.91. The smallest absolute Gasteiger partial charge is 0.187 e. The van der Waals surface area contributed by atoms with E-state index >= 15 is 0 Å². The summed E-state index contributed by atoms with van der Waals surface area (Å²) in [6, 6.07) is 13.8. The number of ether oxygens (including phenoxy) is 1. The Hall–Kier alpha value is -1.44. The molecular formula is C16H15Br2N3OS. The van der Waals surface area contributed by atoms with Crippen molar-refractivity contribution < 1.29 is 4.74 Å². The molecule has 23 heavy (non-hydrogen) atoms. The van der Waals surface area contributed by atoms with E-state index in [0.29, 0.717) is 17.4 Å². The van der Waals surface area contributed by atoms with Crippen molar-refractivity contribution in [1.29, 1.82) is 0 Å². The van der Waals surface area contributed by atoms with Crippen LogP contribution in [0.25, 0.3) is 0 Å². The van der Waals surface area contributed by atoms with Gasteiger partial charge >= 0.3 is 0 Å². The van der Waals surface area contributed by atoms with E-state index in [0.717, 1.165) is 20.1 Å². The molecule has 2 N–H and O–H groups in total. The van der Waals surface area contributed by atoms with Gasteiger partial charge < -0.3 is 10.1 Å². The molecule has 7 heteroatoms. The van der Waals surface area contributed by atoms with Gasteiger partial charge in [0.15, 0.2) is 5.11 Å². The molecule has 120 valence electrons. The lowest BCUT2D eigenvalue weighted by atomic mass is 10.2. The van der Waals surface area contributed by atoms with Gasteiger partial charge in [0.25, 0.3) is 0 Å². The number of methoxy groups -OCH3 is 1. The highest BCUT2D eigenvalue weighted by Crippen LogP contribution is 2.31. The van der Waals surface area contributed by atoms with Crippen LogP contribution in [0.15, 0.2) is 56.5 Å². The van der Waals surface area contributed by atoms with E-state index < -0.39 is 0 Å². The average molecular weight is 457 g/mol. The Bertz CT molecular complexity index is 708. The molecule has 2 aromatic rings. The number of hydrogen-bond acceptors (Lipinski definition) is 3. The molecule has 0 aliphatic carbocycles. The van der Waals surface area contributed by atoms with E-state index in [1.54, 1.807) is 13.3 Å². The summed E-state index contributed by atoms with van der Waals surface area (Å²) in [6.45, 7) is 0.647. The zero-order valence-corrected chi connectivity index (χ0v) is 16.3. The first-order valence-corrected chi connectivity index (χ1v) is 8.73. The molecule has 0 unspecified atom stereocenters. The highest BCUT2D eigenvalue weighted by atomic mass is 79.9. The maximum absolute atomic E-state index is 5.36. The molecule has 2 aromatic carbocycles. The fraction of sp³-hybridized carbons (Fsp3) is 0.125. The largest absolute Gasteiger partial charge is 0.495 e. The molecular weight excluding hydrogens is 442 g/mol. The van der Waals surface area contributed by atoms with Gasteiger partial charge in [0.2, 0.25) is 0 Å². The minimum atomic E-state index is 0.457. The maximum atomic E-state index is 5.36. The molecule has 0 aliphatic heterocycles. The summed E-state index contributed by atoms with van der Waals surface area (Å²) in [5, 5.41) is 7.69. The molecule has 4 nitrogen and oxygen atoms in total. The van der Waals surface area contributed by atoms with Crippen LogP contribution in [-0.4, -0.2) is 18.4 Å². The molecule has 0 atom stereocenters. The van der Waals surface area contributed by atoms with Gasteiger partial charge in [-0.2, -0.15) is 5.10 Å². The summed E-state index contributed by atoms with van der Waals surface area (Å²) in [5.74, 6) is 0.710. The minimum Gasteiger partial charge on any atom is -0.495 e. The van der Waals surface area contributed by atoms with Crippen molar-refractivity contribution in [3.05, 3.63) is 62.5 Å². The Morgan fingerprint density at radius 2 is 2.00 bits per heavy atom. The second kappa shape index (κ2) is 9.00. The van der Waals surface area contributed by atoms with Gasteiger partial charge in [0.1, 0.15) is 5.75 Å². The molecule has 2 rings (SSSR count). The highest BCUT2D eigenvalue weighted by Gasteiger charge is 2.07. The number of hydrogen-bond donors (Lipinski definition) is 2. The van der Waals surface area contributed by atoms with Gasteiger partial charge in [-0.1, -0.05) is 46.3 Å². The summed E-state index contributed by atoms with van der Waals surface area (Å²) in [7, 11) is 1.62. The standard InChI is InChI=1S/C16H15Br2N3OS/c1-22-15-12(7-13(17)8-14(15)18)10-20-21-16(23)19-9-11-5-3-2-4-6-11/h2-8,10H,9H2,1H3,(H2,19,21,23)/b20-10-. The molecule has 0 bridgehead atoms. The predicted octanol–water partition coefficient (Wildman–Crippen LogP) is 4.22. The van der Waals surface area contributed by atoms with Crippen LogP contribution in [0.3, 0.4) is 0 Å². The van der Waals surface area contributed by atoms with Crippen molar-refractivity contribution in [2.75, 3.05) is 7.11 Å². The number of hydrazone groups is 1. The summed E-state index contributed by atoms with van der Waals surface area (Å²) in [5.41, 5.74) is 4.77. The minimum absolute atomic E-state index is 0.457. The lowest BCUT2D eigenvalue weighted by Crippen LogP contribution is -2.31. The normalized spacial score (nSPS) is 10.6. The summed E-state index contributed by atoms with van der Waals surface area (Å²) in [6.07, 6.45) is 1.66. The monoisotopic (exact) mass is 455 g/mol. The van der Waals surface area contributed by atoms with Crippen molar-refractivity contribution in [3.63, 3.8) is 0 Å². The summed E-state index contributed by atoms with van der Waals surface area (Å²) in [4.78, 5) is 0. The van der Waals surface area contributed by atoms with Crippen LogP contribution in [0, 0.1) is 0 Å². The van der Waals surface area contributed by atoms with Crippen LogP contribution in [-0.2, 0) is 6.54 Å². The van der Waals surface area contributed by atoms with Crippen molar-refractivity contribution >= 4 is 55.4 Å². The zero-order chi connectivity index (χ0) is 16.7. The van der Waals surface area contributed by atoms with Crippen molar-refractivity contribution in [1.82, 2.24) is 10.7 Å². The maximum Gasteiger partial charge on any atom is 0.187 e. The molecule has 0 heterocycles. The molecule has 0 fully saturated rings. The fourth-order valence-corrected chi connectivity index (χ4v) is 3.41. The third-order valence-corrected chi connectivity index (χ3v) is 4.19. The number of halogens is 2. The Morgan fingerprint density at radius 1 is 1.26 bits per heavy atom. The van der Waals surface area contributed by atoms with Crippen molar-refractivity contribution in [2.45, 2.75) is 6.54 Å². The predicted molar refractivity (Wildman–Crippen MR) is 105 cm³/mol. The molecule has 0 saturated heterocycles. The van der Waals surface area contributed by atoms with Gasteiger partial charge in [0.05, 0.1) is 17.8 Å². The topological polar surface area (TPSA) is 45.6 Å². The first-order chi connectivity index (χ1) is 11.1. The number of rotatable bonds is 5. The lowest BCUT2D eigenvalue weighted by Gasteiger charge is -2.09. The first-order valence-electron chi connectivity index (χ1n) is 6.74. The summed E-state index contributed by atoms with van der Waals surface area (Å²) < 4.78 is 7.13. The second-order valence-electron chi connectivity index (χ2n) is 4.55. The fourth-order valence-electron chi connectivity index (χ4n) is 1.87. The van der Waals surface area contributed by atoms with Crippen LogP contribution >= 0.6 is 44.1 Å². The van der Waals surface area contributed by atoms with E-state index in [-0.39, 0.29) is 0 Å². The third kappa shape index (κ3) is 5.60. The zero-order valence-electron chi connectivity index (χ0n) is 12.3. The molecule has 0 radical (unpaired) electrons. The van der Waals surface area contributed by atoms with E-state index in [1.807, 2.05) is 42.5 Å². The molecule has 0 saturated carbocycles. The van der Waals surface area contributed by atoms with Crippen LogP contribution in [0.1, 0.15) is 11.1 Å². The van der Waals surface area contributed by atoms with Crippen LogP contribution in [0.2, 0.25) is 0 Å². The Balaban J connectivity index is 1.92. The highest BCUT2D eigenvalue weighted by molar-refractivity contribution is 9.11. The Labute approximate surface area is 157 Å². The number of nitrogens with zero attached hydrogens (tertiary/aromatic N) is 1. The number of benzene rings is 2. The van der Waals surface area contributed by atoms with Crippen molar-refractivity contribution in [3.8, 4) is 5.75 Å². The average Bonchev–Trinajstić information content (AvgIpc) is 2.53. The molecule has 0 aromatic heterocycles. The number of nitrogens with one attached hydrogen (secondary N) is 2. The van der Waals surface area contributed by atoms with Crippen molar-refractivity contribution in [2.24, 2.45) is 5.10 Å². The quantitative estimate of drug-likeness (QED) is 0.401. The van der Waals surface area contributed by atoms with Gasteiger partial charge in [-0.05, 0) is 45.8 Å². The first kappa shape index (κ1) is 17.9. The van der Waals surface area contributed by atoms with E-state index in [1.165, 1.54) is 0 Å². The van der Waals surface area contributed by atoms with Crippen LogP contribution < -0.4 is 15.5 Å². The summed E-state index contributed by atoms with van der Waals surface area (Å²) >= 11 is 12.1. The molecule has 0 aliphatic rings. The van der Waals surface area contributed by atoms with Crippen LogP contribution in [0.4, 0.5) is 0 Å². The lowest BCUT2D eigenvalue weighted by molar-refractivity contribution is 0.411. The van der Waals surface area contributed by atoms with Gasteiger partial charge in [-0.25, -0.2) is 0 Å². The van der Waals surface area contributed by atoms with E-state index in [9.17, 15) is 0 Å². The van der Waals surface area contributed by atoms with E-state index in [4.69, 9.17) is 17.0 Å². The van der Waals surface area contributed by atoms with Gasteiger partial charge in [0, 0.05) is 16.6 Å². The molecule has 0 amide bonds. The Kier molecular flexibility index (Phi) is 7.01.